The number of hydrogen-bond acceptors (Lipinski definition) is 4. The lowest BCUT2D eigenvalue weighted by atomic mass is 10.1. The number of carbonyl (C=O) groups excluding carboxylic acids is 2. The van der Waals surface area contributed by atoms with Gasteiger partial charge < -0.3 is 16.4 Å². The average molecular weight is 279 g/mol. The molecule has 20 heavy (non-hydrogen) atoms. The Bertz CT molecular complexity index is 505. The van der Waals surface area contributed by atoms with Crippen molar-refractivity contribution >= 4 is 17.5 Å². The van der Waals surface area contributed by atoms with E-state index in [0.29, 0.717) is 18.8 Å². The summed E-state index contributed by atoms with van der Waals surface area (Å²) in [5.74, 6) is 0.107. The monoisotopic (exact) mass is 279 g/mol. The molecule has 1 fully saturated rings. The molecule has 0 bridgehead atoms. The lowest BCUT2D eigenvalue weighted by Gasteiger charge is -2.06. The van der Waals surface area contributed by atoms with Gasteiger partial charge in [0.15, 0.2) is 5.69 Å². The van der Waals surface area contributed by atoms with E-state index in [9.17, 15) is 9.59 Å². The van der Waals surface area contributed by atoms with Crippen molar-refractivity contribution in [3.05, 3.63) is 11.4 Å². The van der Waals surface area contributed by atoms with E-state index < -0.39 is 0 Å². The first-order chi connectivity index (χ1) is 9.50. The van der Waals surface area contributed by atoms with Crippen molar-refractivity contribution < 1.29 is 9.59 Å². The van der Waals surface area contributed by atoms with Crippen LogP contribution in [-0.2, 0) is 4.79 Å². The summed E-state index contributed by atoms with van der Waals surface area (Å²) in [5.41, 5.74) is 7.24. The zero-order chi connectivity index (χ0) is 14.7. The molecule has 1 saturated carbocycles. The van der Waals surface area contributed by atoms with Gasteiger partial charge in [-0.25, -0.2) is 0 Å². The molecule has 1 aliphatic carbocycles. The molecule has 2 amide bonds. The van der Waals surface area contributed by atoms with E-state index in [1.54, 1.807) is 0 Å². The summed E-state index contributed by atoms with van der Waals surface area (Å²) in [6.45, 7) is 4.72. The molecular weight excluding hydrogens is 258 g/mol. The van der Waals surface area contributed by atoms with Gasteiger partial charge in [-0.1, -0.05) is 13.8 Å². The van der Waals surface area contributed by atoms with Crippen LogP contribution < -0.4 is 16.4 Å². The molecule has 0 radical (unpaired) electrons. The molecule has 1 aromatic rings. The predicted molar refractivity (Wildman–Crippen MR) is 75.2 cm³/mol. The van der Waals surface area contributed by atoms with Gasteiger partial charge in [0, 0.05) is 19.0 Å². The molecule has 1 heterocycles. The largest absolute Gasteiger partial charge is 0.395 e. The highest BCUT2D eigenvalue weighted by Crippen LogP contribution is 2.28. The first-order valence-corrected chi connectivity index (χ1v) is 6.90. The molecule has 0 aromatic carbocycles. The van der Waals surface area contributed by atoms with Crippen molar-refractivity contribution in [2.75, 3.05) is 18.8 Å². The molecular formula is C13H21N5O2. The number of aromatic amines is 1. The Labute approximate surface area is 117 Å². The zero-order valence-electron chi connectivity index (χ0n) is 11.8. The second kappa shape index (κ2) is 5.94. The van der Waals surface area contributed by atoms with E-state index >= 15 is 0 Å². The number of nitrogens with zero attached hydrogens (tertiary/aromatic N) is 1. The summed E-state index contributed by atoms with van der Waals surface area (Å²) in [7, 11) is 0. The number of hydrogen-bond donors (Lipinski definition) is 4. The molecule has 7 heteroatoms. The Hall–Kier alpha value is -2.05. The van der Waals surface area contributed by atoms with E-state index in [4.69, 9.17) is 5.73 Å². The van der Waals surface area contributed by atoms with Crippen molar-refractivity contribution in [1.82, 2.24) is 20.8 Å². The maximum absolute atomic E-state index is 11.9. The van der Waals surface area contributed by atoms with Gasteiger partial charge in [-0.3, -0.25) is 14.7 Å². The summed E-state index contributed by atoms with van der Waals surface area (Å²) in [6.07, 6.45) is 1.94. The SMILES string of the molecule is CC(C)c1[nH]nc(C(=O)NCCNC(=O)C2CC2)c1N. The lowest BCUT2D eigenvalue weighted by molar-refractivity contribution is -0.122. The van der Waals surface area contributed by atoms with Gasteiger partial charge >= 0.3 is 0 Å². The van der Waals surface area contributed by atoms with E-state index in [1.165, 1.54) is 0 Å². The fourth-order valence-corrected chi connectivity index (χ4v) is 1.91. The van der Waals surface area contributed by atoms with Gasteiger partial charge in [0.25, 0.3) is 5.91 Å². The molecule has 5 N–H and O–H groups in total. The molecule has 0 aliphatic heterocycles. The van der Waals surface area contributed by atoms with Crippen molar-refractivity contribution in [1.29, 1.82) is 0 Å². The molecule has 1 aromatic heterocycles. The van der Waals surface area contributed by atoms with Gasteiger partial charge in [0.1, 0.15) is 0 Å². The van der Waals surface area contributed by atoms with Crippen LogP contribution in [0.3, 0.4) is 0 Å². The molecule has 0 saturated heterocycles. The second-order valence-electron chi connectivity index (χ2n) is 5.38. The van der Waals surface area contributed by atoms with Crippen molar-refractivity contribution in [3.8, 4) is 0 Å². The number of aromatic nitrogens is 2. The highest BCUT2D eigenvalue weighted by atomic mass is 16.2. The first-order valence-electron chi connectivity index (χ1n) is 6.90. The van der Waals surface area contributed by atoms with Crippen molar-refractivity contribution in [3.63, 3.8) is 0 Å². The highest BCUT2D eigenvalue weighted by Gasteiger charge is 2.29. The van der Waals surface area contributed by atoms with Crippen LogP contribution in [0.1, 0.15) is 48.8 Å². The summed E-state index contributed by atoms with van der Waals surface area (Å²) < 4.78 is 0. The van der Waals surface area contributed by atoms with Crippen molar-refractivity contribution in [2.45, 2.75) is 32.6 Å². The number of amides is 2. The molecule has 2 rings (SSSR count). The van der Waals surface area contributed by atoms with E-state index in [2.05, 4.69) is 20.8 Å². The van der Waals surface area contributed by atoms with E-state index in [0.717, 1.165) is 18.5 Å². The average Bonchev–Trinajstić information content (AvgIpc) is 3.17. The van der Waals surface area contributed by atoms with Gasteiger partial charge in [-0.15, -0.1) is 0 Å². The quantitative estimate of drug-likeness (QED) is 0.563. The third-order valence-corrected chi connectivity index (χ3v) is 3.28. The predicted octanol–water partition coefficient (Wildman–Crippen LogP) is 0.371. The molecule has 0 spiro atoms. The summed E-state index contributed by atoms with van der Waals surface area (Å²) >= 11 is 0. The maximum Gasteiger partial charge on any atom is 0.274 e. The molecule has 0 unspecified atom stereocenters. The number of rotatable bonds is 6. The minimum absolute atomic E-state index is 0.0700. The Morgan fingerprint density at radius 2 is 2.00 bits per heavy atom. The first kappa shape index (κ1) is 14.4. The van der Waals surface area contributed by atoms with Crippen LogP contribution in [0.2, 0.25) is 0 Å². The number of nitrogens with one attached hydrogen (secondary N) is 3. The topological polar surface area (TPSA) is 113 Å². The summed E-state index contributed by atoms with van der Waals surface area (Å²) in [6, 6.07) is 0. The van der Waals surface area contributed by atoms with E-state index in [-0.39, 0.29) is 29.3 Å². The third kappa shape index (κ3) is 3.28. The lowest BCUT2D eigenvalue weighted by Crippen LogP contribution is -2.35. The van der Waals surface area contributed by atoms with Gasteiger partial charge in [-0.2, -0.15) is 5.10 Å². The number of carbonyl (C=O) groups is 2. The van der Waals surface area contributed by atoms with Crippen LogP contribution in [0.4, 0.5) is 5.69 Å². The number of H-pyrrole nitrogens is 1. The minimum Gasteiger partial charge on any atom is -0.395 e. The van der Waals surface area contributed by atoms with Crippen LogP contribution in [0.25, 0.3) is 0 Å². The Morgan fingerprint density at radius 1 is 1.35 bits per heavy atom. The highest BCUT2D eigenvalue weighted by molar-refractivity contribution is 5.97. The van der Waals surface area contributed by atoms with Gasteiger partial charge in [-0.05, 0) is 18.8 Å². The molecule has 1 aliphatic rings. The van der Waals surface area contributed by atoms with Crippen LogP contribution in [0.5, 0.6) is 0 Å². The Kier molecular flexibility index (Phi) is 4.26. The van der Waals surface area contributed by atoms with E-state index in [1.807, 2.05) is 13.8 Å². The fourth-order valence-electron chi connectivity index (χ4n) is 1.91. The fraction of sp³-hybridized carbons (Fsp3) is 0.615. The summed E-state index contributed by atoms with van der Waals surface area (Å²) in [5, 5.41) is 12.2. The van der Waals surface area contributed by atoms with Gasteiger partial charge in [0.2, 0.25) is 5.91 Å². The Balaban J connectivity index is 1.78. The zero-order valence-corrected chi connectivity index (χ0v) is 11.8. The van der Waals surface area contributed by atoms with Crippen molar-refractivity contribution in [2.24, 2.45) is 5.92 Å². The number of nitrogen functional groups attached to an aromatic ring is 1. The standard InChI is InChI=1S/C13H21N5O2/c1-7(2)10-9(14)11(18-17-10)13(20)16-6-5-15-12(19)8-3-4-8/h7-8H,3-6,14H2,1-2H3,(H,15,19)(H,16,20)(H,17,18). The van der Waals surface area contributed by atoms with Crippen LogP contribution >= 0.6 is 0 Å². The van der Waals surface area contributed by atoms with Crippen LogP contribution in [0, 0.1) is 5.92 Å². The number of nitrogens with two attached hydrogens (primary N) is 1. The Morgan fingerprint density at radius 3 is 2.55 bits per heavy atom. The summed E-state index contributed by atoms with van der Waals surface area (Å²) in [4.78, 5) is 23.3. The molecule has 110 valence electrons. The third-order valence-electron chi connectivity index (χ3n) is 3.28. The van der Waals surface area contributed by atoms with Gasteiger partial charge in [0.05, 0.1) is 11.4 Å². The van der Waals surface area contributed by atoms with Crippen LogP contribution in [0.15, 0.2) is 0 Å². The second-order valence-corrected chi connectivity index (χ2v) is 5.38. The smallest absolute Gasteiger partial charge is 0.274 e. The minimum atomic E-state index is -0.327. The molecule has 7 nitrogen and oxygen atoms in total. The number of anilines is 1. The molecule has 0 atom stereocenters. The maximum atomic E-state index is 11.9. The van der Waals surface area contributed by atoms with Crippen LogP contribution in [-0.4, -0.2) is 35.1 Å². The normalized spacial score (nSPS) is 14.3.